The van der Waals surface area contributed by atoms with E-state index in [1.165, 1.54) is 0 Å². The highest BCUT2D eigenvalue weighted by Gasteiger charge is 2.53. The van der Waals surface area contributed by atoms with E-state index in [4.69, 9.17) is 0 Å². The summed E-state index contributed by atoms with van der Waals surface area (Å²) in [6.45, 7) is -0.263. The predicted octanol–water partition coefficient (Wildman–Crippen LogP) is 1.77. The molecule has 2 fully saturated rings. The van der Waals surface area contributed by atoms with Gasteiger partial charge in [0.15, 0.2) is 0 Å². The summed E-state index contributed by atoms with van der Waals surface area (Å²) >= 11 is 3.25. The first-order valence-electron chi connectivity index (χ1n) is 7.20. The van der Waals surface area contributed by atoms with Gasteiger partial charge in [-0.3, -0.25) is 14.5 Å². The molecule has 1 unspecified atom stereocenters. The minimum atomic E-state index is -0.804. The molecule has 23 heavy (non-hydrogen) atoms. The molecule has 0 aromatic heterocycles. The number of nitrogens with zero attached hydrogens (tertiary/aromatic N) is 1. The van der Waals surface area contributed by atoms with Crippen LogP contribution in [0.5, 0.6) is 0 Å². The Morgan fingerprint density at radius 1 is 1.39 bits per heavy atom. The van der Waals surface area contributed by atoms with E-state index in [2.05, 4.69) is 10.6 Å². The van der Waals surface area contributed by atoms with E-state index in [1.54, 1.807) is 35.7 Å². The third kappa shape index (κ3) is 3.18. The van der Waals surface area contributed by atoms with Crippen LogP contribution < -0.4 is 10.6 Å². The number of thioether (sulfide) groups is 2. The van der Waals surface area contributed by atoms with E-state index in [9.17, 15) is 14.4 Å². The molecule has 1 spiro atoms. The maximum Gasteiger partial charge on any atom is 0.325 e. The number of urea groups is 1. The third-order valence-corrected chi connectivity index (χ3v) is 5.88. The molecular weight excluding hydrogens is 334 g/mol. The average Bonchev–Trinajstić information content (AvgIpc) is 3.09. The number of hydrogen-bond acceptors (Lipinski definition) is 5. The van der Waals surface area contributed by atoms with Gasteiger partial charge in [-0.15, -0.1) is 11.8 Å². The van der Waals surface area contributed by atoms with E-state index in [1.807, 2.05) is 18.4 Å². The van der Waals surface area contributed by atoms with Gasteiger partial charge in [-0.25, -0.2) is 4.79 Å². The fourth-order valence-corrected chi connectivity index (χ4v) is 4.40. The summed E-state index contributed by atoms with van der Waals surface area (Å²) in [7, 11) is 0. The lowest BCUT2D eigenvalue weighted by molar-refractivity contribution is -0.133. The van der Waals surface area contributed by atoms with Gasteiger partial charge in [0.1, 0.15) is 12.1 Å². The van der Waals surface area contributed by atoms with Gasteiger partial charge < -0.3 is 10.6 Å². The molecule has 2 heterocycles. The molecule has 0 bridgehead atoms. The van der Waals surface area contributed by atoms with Crippen molar-refractivity contribution in [2.24, 2.45) is 0 Å². The molecule has 4 amide bonds. The maximum atomic E-state index is 12.5. The highest BCUT2D eigenvalue weighted by molar-refractivity contribution is 7.99. The van der Waals surface area contributed by atoms with Crippen molar-refractivity contribution in [1.82, 2.24) is 10.2 Å². The summed E-state index contributed by atoms with van der Waals surface area (Å²) < 4.78 is 0. The molecule has 122 valence electrons. The number of benzene rings is 1. The summed E-state index contributed by atoms with van der Waals surface area (Å²) in [4.78, 5) is 38.7. The van der Waals surface area contributed by atoms with Crippen molar-refractivity contribution in [2.45, 2.75) is 16.9 Å². The highest BCUT2D eigenvalue weighted by Crippen LogP contribution is 2.33. The fraction of sp³-hybridized carbons (Fsp3) is 0.400. The summed E-state index contributed by atoms with van der Waals surface area (Å²) in [5.74, 6) is 0.744. The van der Waals surface area contributed by atoms with Gasteiger partial charge >= 0.3 is 6.03 Å². The van der Waals surface area contributed by atoms with Crippen molar-refractivity contribution in [2.75, 3.05) is 29.6 Å². The van der Waals surface area contributed by atoms with E-state index in [0.717, 1.165) is 15.5 Å². The number of hydrogen-bond donors (Lipinski definition) is 2. The van der Waals surface area contributed by atoms with Crippen LogP contribution in [-0.2, 0) is 9.59 Å². The SMILES string of the molecule is CSc1ccc(NC(=O)CN2C(=O)NC3(CCSC3)C2=O)cc1. The highest BCUT2D eigenvalue weighted by atomic mass is 32.2. The summed E-state index contributed by atoms with van der Waals surface area (Å²) in [6.07, 6.45) is 2.60. The second-order valence-electron chi connectivity index (χ2n) is 5.48. The third-order valence-electron chi connectivity index (χ3n) is 3.94. The van der Waals surface area contributed by atoms with Gasteiger partial charge in [0, 0.05) is 16.3 Å². The molecule has 8 heteroatoms. The Labute approximate surface area is 142 Å². The fourth-order valence-electron chi connectivity index (χ4n) is 2.67. The Balaban J connectivity index is 1.63. The molecule has 0 radical (unpaired) electrons. The molecule has 1 atom stereocenters. The summed E-state index contributed by atoms with van der Waals surface area (Å²) in [6, 6.07) is 6.91. The Bertz CT molecular complexity index is 642. The lowest BCUT2D eigenvalue weighted by Crippen LogP contribution is -2.47. The van der Waals surface area contributed by atoms with Crippen LogP contribution in [0.4, 0.5) is 10.5 Å². The zero-order valence-corrected chi connectivity index (χ0v) is 14.3. The second kappa shape index (κ2) is 6.45. The first kappa shape index (κ1) is 16.2. The first-order chi connectivity index (χ1) is 11.0. The Morgan fingerprint density at radius 3 is 2.74 bits per heavy atom. The van der Waals surface area contributed by atoms with Crippen LogP contribution in [0.1, 0.15) is 6.42 Å². The lowest BCUT2D eigenvalue weighted by Gasteiger charge is -2.19. The number of rotatable bonds is 4. The number of imide groups is 1. The van der Waals surface area contributed by atoms with Crippen molar-refractivity contribution in [3.63, 3.8) is 0 Å². The van der Waals surface area contributed by atoms with Crippen LogP contribution >= 0.6 is 23.5 Å². The van der Waals surface area contributed by atoms with E-state index >= 15 is 0 Å². The van der Waals surface area contributed by atoms with Crippen molar-refractivity contribution in [1.29, 1.82) is 0 Å². The van der Waals surface area contributed by atoms with Crippen LogP contribution in [0.15, 0.2) is 29.2 Å². The molecular formula is C15H17N3O3S2. The van der Waals surface area contributed by atoms with Gasteiger partial charge in [-0.1, -0.05) is 0 Å². The number of amides is 4. The molecule has 2 saturated heterocycles. The van der Waals surface area contributed by atoms with Crippen LogP contribution in [0.3, 0.4) is 0 Å². The van der Waals surface area contributed by atoms with Crippen molar-refractivity contribution in [3.05, 3.63) is 24.3 Å². The first-order valence-corrected chi connectivity index (χ1v) is 9.58. The quantitative estimate of drug-likeness (QED) is 0.639. The number of nitrogens with one attached hydrogen (secondary N) is 2. The largest absolute Gasteiger partial charge is 0.325 e. The normalized spacial score (nSPS) is 23.4. The van der Waals surface area contributed by atoms with E-state index in [0.29, 0.717) is 17.9 Å². The van der Waals surface area contributed by atoms with Gasteiger partial charge in [0.25, 0.3) is 5.91 Å². The molecule has 2 aliphatic heterocycles. The molecule has 6 nitrogen and oxygen atoms in total. The van der Waals surface area contributed by atoms with Gasteiger partial charge in [-0.05, 0) is 42.7 Å². The molecule has 2 aliphatic rings. The maximum absolute atomic E-state index is 12.5. The van der Waals surface area contributed by atoms with Crippen molar-refractivity contribution >= 4 is 47.1 Å². The van der Waals surface area contributed by atoms with E-state index < -0.39 is 11.6 Å². The minimum absolute atomic E-state index is 0.263. The van der Waals surface area contributed by atoms with Crippen molar-refractivity contribution < 1.29 is 14.4 Å². The molecule has 2 N–H and O–H groups in total. The number of carbonyl (C=O) groups excluding carboxylic acids is 3. The van der Waals surface area contributed by atoms with E-state index in [-0.39, 0.29) is 18.4 Å². The zero-order valence-electron chi connectivity index (χ0n) is 12.6. The Morgan fingerprint density at radius 2 is 2.13 bits per heavy atom. The Kier molecular flexibility index (Phi) is 4.54. The smallest absolute Gasteiger partial charge is 0.325 e. The molecule has 0 aliphatic carbocycles. The minimum Gasteiger partial charge on any atom is -0.325 e. The lowest BCUT2D eigenvalue weighted by atomic mass is 9.99. The standard InChI is InChI=1S/C15H17N3O3S2/c1-22-11-4-2-10(3-5-11)16-12(19)8-18-13(20)15(17-14(18)21)6-7-23-9-15/h2-5H,6-9H2,1H3,(H,16,19)(H,17,21). The average molecular weight is 351 g/mol. The molecule has 3 rings (SSSR count). The predicted molar refractivity (Wildman–Crippen MR) is 91.8 cm³/mol. The van der Waals surface area contributed by atoms with Crippen LogP contribution in [0.2, 0.25) is 0 Å². The van der Waals surface area contributed by atoms with Gasteiger partial charge in [-0.2, -0.15) is 11.8 Å². The topological polar surface area (TPSA) is 78.5 Å². The summed E-state index contributed by atoms with van der Waals surface area (Å²) in [5, 5.41) is 5.46. The second-order valence-corrected chi connectivity index (χ2v) is 7.47. The van der Waals surface area contributed by atoms with Gasteiger partial charge in [0.05, 0.1) is 0 Å². The summed E-state index contributed by atoms with van der Waals surface area (Å²) in [5.41, 5.74) is -0.159. The van der Waals surface area contributed by atoms with Crippen LogP contribution in [0, 0.1) is 0 Å². The number of carbonyl (C=O) groups is 3. The van der Waals surface area contributed by atoms with Gasteiger partial charge in [0.2, 0.25) is 5.91 Å². The van der Waals surface area contributed by atoms with Crippen molar-refractivity contribution in [3.8, 4) is 0 Å². The monoisotopic (exact) mass is 351 g/mol. The molecule has 0 saturated carbocycles. The van der Waals surface area contributed by atoms with Crippen LogP contribution in [-0.4, -0.2) is 52.6 Å². The number of anilines is 1. The molecule has 1 aromatic rings. The Hall–Kier alpha value is -1.67. The van der Waals surface area contributed by atoms with Crippen LogP contribution in [0.25, 0.3) is 0 Å². The molecule has 1 aromatic carbocycles. The zero-order chi connectivity index (χ0) is 16.4.